The van der Waals surface area contributed by atoms with Crippen LogP contribution in [0, 0.1) is 11.7 Å². The average Bonchev–Trinajstić information content (AvgIpc) is 3.50. The molecule has 0 saturated carbocycles. The molecular formula is C21H20FN7OS. The van der Waals surface area contributed by atoms with Gasteiger partial charge in [0.15, 0.2) is 11.5 Å². The molecular weight excluding hydrogens is 417 g/mol. The molecule has 5 rings (SSSR count). The maximum absolute atomic E-state index is 13.4. The van der Waals surface area contributed by atoms with Gasteiger partial charge in [0, 0.05) is 23.9 Å². The van der Waals surface area contributed by atoms with Crippen molar-refractivity contribution in [1.29, 1.82) is 0 Å². The van der Waals surface area contributed by atoms with Crippen molar-refractivity contribution in [2.75, 3.05) is 18.0 Å². The summed E-state index contributed by atoms with van der Waals surface area (Å²) < 4.78 is 14.8. The van der Waals surface area contributed by atoms with E-state index >= 15 is 0 Å². The number of amides is 1. The number of hydrogen-bond donors (Lipinski definition) is 1. The van der Waals surface area contributed by atoms with E-state index in [9.17, 15) is 9.18 Å². The van der Waals surface area contributed by atoms with Crippen LogP contribution in [-0.4, -0.2) is 44.3 Å². The van der Waals surface area contributed by atoms with Crippen LogP contribution in [0.1, 0.15) is 29.3 Å². The number of anilines is 1. The van der Waals surface area contributed by atoms with E-state index in [-0.39, 0.29) is 23.7 Å². The topological polar surface area (TPSA) is 88.3 Å². The van der Waals surface area contributed by atoms with Gasteiger partial charge < -0.3 is 10.2 Å². The molecule has 1 aromatic carbocycles. The first-order valence-corrected chi connectivity index (χ1v) is 10.9. The number of fused-ring (bicyclic) bond motifs is 1. The first kappa shape index (κ1) is 19.6. The summed E-state index contributed by atoms with van der Waals surface area (Å²) in [5.41, 5.74) is 1.46. The summed E-state index contributed by atoms with van der Waals surface area (Å²) >= 11 is 1.57. The molecule has 1 saturated heterocycles. The van der Waals surface area contributed by atoms with Crippen molar-refractivity contribution < 1.29 is 9.18 Å². The standard InChI is InChI=1S/C21H20FN7OS/c22-16-5-3-14(4-6-16)20(17-2-1-13-31-17)23-21(30)15-9-11-28(12-10-15)19-8-7-18-24-26-27-29(18)25-19/h1-8,13,15,20H,9-12H2,(H,23,30)/t20-/m0/s1. The SMILES string of the molecule is O=C(N[C@@H](c1ccc(F)cc1)c1cccs1)C1CCN(c2ccc3nnnn3n2)CC1. The third-order valence-electron chi connectivity index (χ3n) is 5.56. The van der Waals surface area contributed by atoms with Crippen molar-refractivity contribution >= 4 is 28.7 Å². The maximum Gasteiger partial charge on any atom is 0.224 e. The van der Waals surface area contributed by atoms with E-state index in [1.807, 2.05) is 29.6 Å². The zero-order valence-corrected chi connectivity index (χ0v) is 17.4. The van der Waals surface area contributed by atoms with Gasteiger partial charge in [-0.25, -0.2) is 4.39 Å². The molecule has 1 aliphatic heterocycles. The van der Waals surface area contributed by atoms with Crippen molar-refractivity contribution in [3.8, 4) is 0 Å². The highest BCUT2D eigenvalue weighted by Crippen LogP contribution is 2.28. The second-order valence-corrected chi connectivity index (χ2v) is 8.47. The number of carbonyl (C=O) groups excluding carboxylic acids is 1. The zero-order valence-electron chi connectivity index (χ0n) is 16.6. The average molecular weight is 438 g/mol. The fourth-order valence-electron chi connectivity index (χ4n) is 3.87. The minimum absolute atomic E-state index is 0.0197. The Hall–Kier alpha value is -3.40. The second kappa shape index (κ2) is 8.38. The summed E-state index contributed by atoms with van der Waals surface area (Å²) in [7, 11) is 0. The van der Waals surface area contributed by atoms with Crippen LogP contribution in [0.15, 0.2) is 53.9 Å². The second-order valence-electron chi connectivity index (χ2n) is 7.49. The summed E-state index contributed by atoms with van der Waals surface area (Å²) in [6, 6.07) is 13.7. The van der Waals surface area contributed by atoms with Gasteiger partial charge in [-0.2, -0.15) is 0 Å². The summed E-state index contributed by atoms with van der Waals surface area (Å²) in [4.78, 5) is 16.2. The minimum Gasteiger partial charge on any atom is -0.355 e. The number of thiophene rings is 1. The Kier molecular flexibility index (Phi) is 5.29. The lowest BCUT2D eigenvalue weighted by Crippen LogP contribution is -2.42. The molecule has 0 spiro atoms. The number of aromatic nitrogens is 5. The monoisotopic (exact) mass is 437 g/mol. The number of tetrazole rings is 1. The Bertz CT molecular complexity index is 1170. The van der Waals surface area contributed by atoms with Crippen LogP contribution >= 0.6 is 11.3 Å². The summed E-state index contributed by atoms with van der Waals surface area (Å²) in [5, 5.41) is 20.9. The molecule has 4 aromatic rings. The van der Waals surface area contributed by atoms with E-state index in [0.29, 0.717) is 5.65 Å². The van der Waals surface area contributed by atoms with Crippen LogP contribution in [0.2, 0.25) is 0 Å². The number of rotatable bonds is 5. The maximum atomic E-state index is 13.4. The van der Waals surface area contributed by atoms with Crippen LogP contribution in [0.25, 0.3) is 5.65 Å². The quantitative estimate of drug-likeness (QED) is 0.517. The van der Waals surface area contributed by atoms with Gasteiger partial charge in [0.25, 0.3) is 0 Å². The Morgan fingerprint density at radius 2 is 1.94 bits per heavy atom. The van der Waals surface area contributed by atoms with Gasteiger partial charge >= 0.3 is 0 Å². The molecule has 0 bridgehead atoms. The molecule has 0 radical (unpaired) electrons. The molecule has 1 amide bonds. The van der Waals surface area contributed by atoms with E-state index in [1.54, 1.807) is 23.5 Å². The third kappa shape index (κ3) is 4.11. The highest BCUT2D eigenvalue weighted by atomic mass is 32.1. The van der Waals surface area contributed by atoms with Gasteiger partial charge in [-0.05, 0) is 64.5 Å². The molecule has 3 aromatic heterocycles. The number of carbonyl (C=O) groups is 1. The third-order valence-corrected chi connectivity index (χ3v) is 6.50. The van der Waals surface area contributed by atoms with Crippen molar-refractivity contribution in [2.45, 2.75) is 18.9 Å². The summed E-state index contributed by atoms with van der Waals surface area (Å²) in [6.45, 7) is 1.44. The summed E-state index contributed by atoms with van der Waals surface area (Å²) in [6.07, 6.45) is 1.45. The number of piperidine rings is 1. The number of hydrogen-bond acceptors (Lipinski definition) is 7. The highest BCUT2D eigenvalue weighted by Gasteiger charge is 2.28. The van der Waals surface area contributed by atoms with E-state index in [1.165, 1.54) is 16.8 Å². The fraction of sp³-hybridized carbons (Fsp3) is 0.286. The van der Waals surface area contributed by atoms with E-state index in [0.717, 1.165) is 42.2 Å². The molecule has 1 atom stereocenters. The van der Waals surface area contributed by atoms with Gasteiger partial charge in [0.05, 0.1) is 6.04 Å². The molecule has 0 unspecified atom stereocenters. The predicted octanol–water partition coefficient (Wildman–Crippen LogP) is 2.84. The van der Waals surface area contributed by atoms with Crippen LogP contribution in [-0.2, 0) is 4.79 Å². The molecule has 1 aliphatic rings. The number of nitrogens with zero attached hydrogens (tertiary/aromatic N) is 6. The molecule has 4 heterocycles. The molecule has 1 fully saturated rings. The van der Waals surface area contributed by atoms with Crippen molar-refractivity contribution in [3.63, 3.8) is 0 Å². The van der Waals surface area contributed by atoms with E-state index < -0.39 is 0 Å². The first-order valence-electron chi connectivity index (χ1n) is 10.1. The molecule has 10 heteroatoms. The van der Waals surface area contributed by atoms with Crippen molar-refractivity contribution in [3.05, 3.63) is 70.2 Å². The van der Waals surface area contributed by atoms with Gasteiger partial charge in [-0.1, -0.05) is 18.2 Å². The van der Waals surface area contributed by atoms with Gasteiger partial charge in [0.2, 0.25) is 5.91 Å². The van der Waals surface area contributed by atoms with Crippen LogP contribution in [0.3, 0.4) is 0 Å². The van der Waals surface area contributed by atoms with Crippen molar-refractivity contribution in [2.24, 2.45) is 5.92 Å². The largest absolute Gasteiger partial charge is 0.355 e. The first-order chi connectivity index (χ1) is 15.2. The van der Waals surface area contributed by atoms with Crippen LogP contribution in [0.5, 0.6) is 0 Å². The van der Waals surface area contributed by atoms with Crippen molar-refractivity contribution in [1.82, 2.24) is 30.6 Å². The van der Waals surface area contributed by atoms with Gasteiger partial charge in [-0.3, -0.25) is 4.79 Å². The number of halogens is 1. The Morgan fingerprint density at radius 1 is 1.13 bits per heavy atom. The van der Waals surface area contributed by atoms with Crippen LogP contribution < -0.4 is 10.2 Å². The Balaban J connectivity index is 1.26. The van der Waals surface area contributed by atoms with E-state index in [4.69, 9.17) is 0 Å². The Labute approximate surface area is 181 Å². The predicted molar refractivity (Wildman–Crippen MR) is 114 cm³/mol. The molecule has 31 heavy (non-hydrogen) atoms. The van der Waals surface area contributed by atoms with Gasteiger partial charge in [0.1, 0.15) is 5.82 Å². The zero-order chi connectivity index (χ0) is 21.2. The lowest BCUT2D eigenvalue weighted by Gasteiger charge is -2.32. The number of nitrogens with one attached hydrogen (secondary N) is 1. The number of benzene rings is 1. The lowest BCUT2D eigenvalue weighted by molar-refractivity contribution is -0.126. The van der Waals surface area contributed by atoms with Crippen LogP contribution in [0.4, 0.5) is 10.2 Å². The molecule has 8 nitrogen and oxygen atoms in total. The Morgan fingerprint density at radius 3 is 2.68 bits per heavy atom. The normalized spacial score (nSPS) is 15.8. The van der Waals surface area contributed by atoms with Gasteiger partial charge in [-0.15, -0.1) is 26.2 Å². The lowest BCUT2D eigenvalue weighted by atomic mass is 9.94. The highest BCUT2D eigenvalue weighted by molar-refractivity contribution is 7.10. The summed E-state index contributed by atoms with van der Waals surface area (Å²) in [5.74, 6) is 0.435. The smallest absolute Gasteiger partial charge is 0.224 e. The minimum atomic E-state index is -0.291. The van der Waals surface area contributed by atoms with E-state index in [2.05, 4.69) is 30.8 Å². The fourth-order valence-corrected chi connectivity index (χ4v) is 4.67. The molecule has 158 valence electrons. The molecule has 0 aliphatic carbocycles. The molecule has 1 N–H and O–H groups in total.